The van der Waals surface area contributed by atoms with Crippen molar-refractivity contribution in [3.05, 3.63) is 77.9 Å². The van der Waals surface area contributed by atoms with E-state index in [0.29, 0.717) is 18.5 Å². The van der Waals surface area contributed by atoms with Crippen LogP contribution >= 0.6 is 0 Å². The molecule has 0 fully saturated rings. The summed E-state index contributed by atoms with van der Waals surface area (Å²) in [5, 5.41) is 4.26. The fraction of sp³-hybridized carbons (Fsp3) is 0.320. The lowest BCUT2D eigenvalue weighted by atomic mass is 10.1. The number of sulfonamides is 1. The quantitative estimate of drug-likeness (QED) is 0.451. The van der Waals surface area contributed by atoms with E-state index in [9.17, 15) is 13.2 Å². The number of hydrogen-bond donors (Lipinski definition) is 2. The molecule has 0 saturated carbocycles. The Balaban J connectivity index is 1.80. The van der Waals surface area contributed by atoms with Crippen molar-refractivity contribution < 1.29 is 17.9 Å². The van der Waals surface area contributed by atoms with Gasteiger partial charge in [0, 0.05) is 18.5 Å². The lowest BCUT2D eigenvalue weighted by Gasteiger charge is -2.20. The summed E-state index contributed by atoms with van der Waals surface area (Å²) in [5.41, 5.74) is 1.92. The van der Waals surface area contributed by atoms with Gasteiger partial charge in [0.25, 0.3) is 0 Å². The standard InChI is InChI=1S/C25H31N3O4S/c1-19-13-14-24(22-12-8-7-11-21(19)22)33(30,31)27-23(25(29)26-15-16-28(2)3)18-32-17-20-9-5-4-6-10-20/h4-14,23,27H,15-18H2,1-3H3,(H,26,29)/t23-/m0/s1. The molecule has 0 aromatic heterocycles. The summed E-state index contributed by atoms with van der Waals surface area (Å²) in [7, 11) is -0.184. The maximum atomic E-state index is 13.3. The highest BCUT2D eigenvalue weighted by Gasteiger charge is 2.27. The van der Waals surface area contributed by atoms with E-state index < -0.39 is 22.0 Å². The van der Waals surface area contributed by atoms with Crippen LogP contribution in [0.1, 0.15) is 11.1 Å². The molecule has 0 radical (unpaired) electrons. The molecule has 0 aliphatic carbocycles. The zero-order valence-corrected chi connectivity index (χ0v) is 20.1. The molecular formula is C25H31N3O4S. The number of rotatable bonds is 11. The number of carbonyl (C=O) groups is 1. The van der Waals surface area contributed by atoms with Crippen LogP contribution in [0.25, 0.3) is 10.8 Å². The number of benzene rings is 3. The highest BCUT2D eigenvalue weighted by molar-refractivity contribution is 7.89. The van der Waals surface area contributed by atoms with E-state index in [-0.39, 0.29) is 18.1 Å². The van der Waals surface area contributed by atoms with E-state index in [1.54, 1.807) is 24.3 Å². The lowest BCUT2D eigenvalue weighted by molar-refractivity contribution is -0.124. The molecule has 2 N–H and O–H groups in total. The van der Waals surface area contributed by atoms with E-state index in [1.165, 1.54) is 0 Å². The maximum Gasteiger partial charge on any atom is 0.241 e. The zero-order valence-electron chi connectivity index (χ0n) is 19.2. The predicted octanol–water partition coefficient (Wildman–Crippen LogP) is 2.69. The van der Waals surface area contributed by atoms with Gasteiger partial charge in [-0.2, -0.15) is 4.72 Å². The molecule has 0 aliphatic rings. The molecule has 3 rings (SSSR count). The SMILES string of the molecule is Cc1ccc(S(=O)(=O)N[C@@H](COCc2ccccc2)C(=O)NCCN(C)C)c2ccccc12. The number of aryl methyl sites for hydroxylation is 1. The van der Waals surface area contributed by atoms with Crippen LogP contribution in [0.3, 0.4) is 0 Å². The third kappa shape index (κ3) is 6.85. The van der Waals surface area contributed by atoms with Crippen molar-refractivity contribution in [1.82, 2.24) is 14.9 Å². The Kier molecular flexibility index (Phi) is 8.57. The van der Waals surface area contributed by atoms with Crippen LogP contribution in [0, 0.1) is 6.92 Å². The molecule has 0 saturated heterocycles. The largest absolute Gasteiger partial charge is 0.375 e. The molecule has 0 heterocycles. The first-order valence-corrected chi connectivity index (χ1v) is 12.3. The molecular weight excluding hydrogens is 438 g/mol. The number of likely N-dealkylation sites (N-methyl/N-ethyl adjacent to an activating group) is 1. The molecule has 0 unspecified atom stereocenters. The van der Waals surface area contributed by atoms with Crippen LogP contribution in [0.2, 0.25) is 0 Å². The van der Waals surface area contributed by atoms with E-state index in [4.69, 9.17) is 4.74 Å². The average molecular weight is 470 g/mol. The second-order valence-corrected chi connectivity index (χ2v) is 9.88. The normalized spacial score (nSPS) is 12.7. The van der Waals surface area contributed by atoms with Crippen LogP contribution in [0.5, 0.6) is 0 Å². The van der Waals surface area contributed by atoms with Gasteiger partial charge in [0.05, 0.1) is 18.1 Å². The van der Waals surface area contributed by atoms with E-state index >= 15 is 0 Å². The van der Waals surface area contributed by atoms with Crippen LogP contribution in [0.15, 0.2) is 71.6 Å². The topological polar surface area (TPSA) is 87.7 Å². The first kappa shape index (κ1) is 24.9. The highest BCUT2D eigenvalue weighted by atomic mass is 32.2. The summed E-state index contributed by atoms with van der Waals surface area (Å²) in [6.45, 7) is 3.16. The summed E-state index contributed by atoms with van der Waals surface area (Å²) in [6.07, 6.45) is 0. The Morgan fingerprint density at radius 3 is 2.33 bits per heavy atom. The molecule has 33 heavy (non-hydrogen) atoms. The van der Waals surface area contributed by atoms with E-state index in [0.717, 1.165) is 16.5 Å². The molecule has 7 nitrogen and oxygen atoms in total. The highest BCUT2D eigenvalue weighted by Crippen LogP contribution is 2.26. The Morgan fingerprint density at radius 2 is 1.64 bits per heavy atom. The maximum absolute atomic E-state index is 13.3. The third-order valence-electron chi connectivity index (χ3n) is 5.26. The van der Waals surface area contributed by atoms with Gasteiger partial charge in [-0.25, -0.2) is 8.42 Å². The summed E-state index contributed by atoms with van der Waals surface area (Å²) in [4.78, 5) is 14.9. The Labute approximate surface area is 195 Å². The Morgan fingerprint density at radius 1 is 0.970 bits per heavy atom. The van der Waals surface area contributed by atoms with Gasteiger partial charge < -0.3 is 15.0 Å². The molecule has 0 spiro atoms. The van der Waals surface area contributed by atoms with Gasteiger partial charge in [-0.1, -0.05) is 60.7 Å². The number of nitrogens with zero attached hydrogens (tertiary/aromatic N) is 1. The molecule has 1 amide bonds. The third-order valence-corrected chi connectivity index (χ3v) is 6.79. The van der Waals surface area contributed by atoms with Gasteiger partial charge in [-0.3, -0.25) is 4.79 Å². The van der Waals surface area contributed by atoms with Crippen LogP contribution in [-0.4, -0.2) is 59.1 Å². The molecule has 1 atom stereocenters. The number of fused-ring (bicyclic) bond motifs is 1. The molecule has 0 bridgehead atoms. The summed E-state index contributed by atoms with van der Waals surface area (Å²) in [6, 6.07) is 19.1. The molecule has 0 aliphatic heterocycles. The van der Waals surface area contributed by atoms with Crippen molar-refractivity contribution in [1.29, 1.82) is 0 Å². The molecule has 3 aromatic rings. The van der Waals surface area contributed by atoms with Crippen molar-refractivity contribution in [3.63, 3.8) is 0 Å². The number of nitrogens with one attached hydrogen (secondary N) is 2. The number of amides is 1. The minimum Gasteiger partial charge on any atom is -0.375 e. The van der Waals surface area contributed by atoms with Crippen molar-refractivity contribution in [2.24, 2.45) is 0 Å². The van der Waals surface area contributed by atoms with Crippen LogP contribution < -0.4 is 10.0 Å². The second-order valence-electron chi connectivity index (χ2n) is 8.20. The van der Waals surface area contributed by atoms with E-state index in [1.807, 2.05) is 68.4 Å². The predicted molar refractivity (Wildman–Crippen MR) is 130 cm³/mol. The van der Waals surface area contributed by atoms with Crippen LogP contribution in [0.4, 0.5) is 0 Å². The minimum absolute atomic E-state index is 0.0916. The van der Waals surface area contributed by atoms with Crippen LogP contribution in [-0.2, 0) is 26.2 Å². The van der Waals surface area contributed by atoms with E-state index in [2.05, 4.69) is 10.0 Å². The average Bonchev–Trinajstić information content (AvgIpc) is 2.79. The smallest absolute Gasteiger partial charge is 0.241 e. The number of hydrogen-bond acceptors (Lipinski definition) is 5. The molecule has 176 valence electrons. The van der Waals surface area contributed by atoms with Crippen molar-refractivity contribution in [2.75, 3.05) is 33.8 Å². The molecule has 3 aromatic carbocycles. The monoisotopic (exact) mass is 469 g/mol. The van der Waals surface area contributed by atoms with Crippen molar-refractivity contribution >= 4 is 26.7 Å². The number of ether oxygens (including phenoxy) is 1. The van der Waals surface area contributed by atoms with Gasteiger partial charge in [0.1, 0.15) is 6.04 Å². The van der Waals surface area contributed by atoms with Gasteiger partial charge in [0.15, 0.2) is 0 Å². The van der Waals surface area contributed by atoms with Gasteiger partial charge >= 0.3 is 0 Å². The Bertz CT molecular complexity index is 1180. The minimum atomic E-state index is -3.99. The number of carbonyl (C=O) groups excluding carboxylic acids is 1. The summed E-state index contributed by atoms with van der Waals surface area (Å²) in [5.74, 6) is -0.426. The fourth-order valence-electron chi connectivity index (χ4n) is 3.47. The fourth-order valence-corrected chi connectivity index (χ4v) is 4.86. The summed E-state index contributed by atoms with van der Waals surface area (Å²) < 4.78 is 35.0. The molecule has 8 heteroatoms. The lowest BCUT2D eigenvalue weighted by Crippen LogP contribution is -2.50. The van der Waals surface area contributed by atoms with Crippen molar-refractivity contribution in [2.45, 2.75) is 24.5 Å². The first-order chi connectivity index (χ1) is 15.8. The van der Waals surface area contributed by atoms with Crippen molar-refractivity contribution in [3.8, 4) is 0 Å². The Hall–Kier alpha value is -2.78. The first-order valence-electron chi connectivity index (χ1n) is 10.8. The zero-order chi connectivity index (χ0) is 23.8. The second kappa shape index (κ2) is 11.4. The summed E-state index contributed by atoms with van der Waals surface area (Å²) >= 11 is 0. The van der Waals surface area contributed by atoms with Gasteiger partial charge in [0.2, 0.25) is 15.9 Å². The van der Waals surface area contributed by atoms with Gasteiger partial charge in [-0.05, 0) is 43.6 Å². The van der Waals surface area contributed by atoms with Gasteiger partial charge in [-0.15, -0.1) is 0 Å².